The highest BCUT2D eigenvalue weighted by Crippen LogP contribution is 2.34. The molecule has 2 aromatic carbocycles. The number of halogens is 1. The quantitative estimate of drug-likeness (QED) is 0.829. The molecular formula is C20H20BrN3O2. The normalized spacial score (nSPS) is 18.0. The Balaban J connectivity index is 1.43. The monoisotopic (exact) mass is 413 g/mol. The van der Waals surface area contributed by atoms with Crippen molar-refractivity contribution in [3.05, 3.63) is 58.1 Å². The average molecular weight is 414 g/mol. The summed E-state index contributed by atoms with van der Waals surface area (Å²) in [5.74, 6) is 1.89. The molecule has 0 aromatic heterocycles. The molecule has 0 unspecified atom stereocenters. The minimum atomic E-state index is -0.154. The number of rotatable bonds is 4. The van der Waals surface area contributed by atoms with Gasteiger partial charge in [0.1, 0.15) is 17.6 Å². The SMILES string of the molecule is COc1ccc(CNC(=O)[C@@H]2CCC3=Nc4ccc(Br)cc4CN32)cc1. The van der Waals surface area contributed by atoms with E-state index in [4.69, 9.17) is 9.73 Å². The van der Waals surface area contributed by atoms with Crippen molar-refractivity contribution >= 4 is 33.4 Å². The first-order valence-electron chi connectivity index (χ1n) is 8.67. The number of amidine groups is 1. The zero-order valence-corrected chi connectivity index (χ0v) is 16.1. The number of methoxy groups -OCH3 is 1. The van der Waals surface area contributed by atoms with Gasteiger partial charge in [0.15, 0.2) is 0 Å². The first-order chi connectivity index (χ1) is 12.6. The number of carbonyl (C=O) groups excluding carboxylic acids is 1. The molecule has 5 nitrogen and oxygen atoms in total. The molecule has 2 aliphatic heterocycles. The number of fused-ring (bicyclic) bond motifs is 2. The molecule has 2 aliphatic rings. The van der Waals surface area contributed by atoms with Crippen LogP contribution in [0.4, 0.5) is 5.69 Å². The first kappa shape index (κ1) is 17.1. The Morgan fingerprint density at radius 1 is 1.31 bits per heavy atom. The van der Waals surface area contributed by atoms with Crippen LogP contribution >= 0.6 is 15.9 Å². The average Bonchev–Trinajstić information content (AvgIpc) is 3.07. The van der Waals surface area contributed by atoms with Crippen LogP contribution in [0, 0.1) is 0 Å². The molecule has 0 radical (unpaired) electrons. The second kappa shape index (κ2) is 7.11. The molecule has 0 saturated carbocycles. The van der Waals surface area contributed by atoms with Crippen LogP contribution < -0.4 is 10.1 Å². The number of aliphatic imine (C=N–C) groups is 1. The van der Waals surface area contributed by atoms with Crippen molar-refractivity contribution in [3.63, 3.8) is 0 Å². The van der Waals surface area contributed by atoms with Gasteiger partial charge in [-0.3, -0.25) is 4.79 Å². The fourth-order valence-corrected chi connectivity index (χ4v) is 3.91. The predicted molar refractivity (Wildman–Crippen MR) is 105 cm³/mol. The summed E-state index contributed by atoms with van der Waals surface area (Å²) in [4.78, 5) is 19.6. The Labute approximate surface area is 161 Å². The summed E-state index contributed by atoms with van der Waals surface area (Å²) in [5.41, 5.74) is 3.22. The molecule has 2 aromatic rings. The predicted octanol–water partition coefficient (Wildman–Crippen LogP) is 3.78. The van der Waals surface area contributed by atoms with Gasteiger partial charge in [0, 0.05) is 24.0 Å². The Hall–Kier alpha value is -2.34. The number of ether oxygens (including phenoxy) is 1. The van der Waals surface area contributed by atoms with E-state index < -0.39 is 0 Å². The third kappa shape index (κ3) is 3.33. The second-order valence-corrected chi connectivity index (χ2v) is 7.46. The lowest BCUT2D eigenvalue weighted by molar-refractivity contribution is -0.125. The maximum absolute atomic E-state index is 12.7. The molecule has 2 heterocycles. The molecule has 134 valence electrons. The Kier molecular flexibility index (Phi) is 4.68. The maximum Gasteiger partial charge on any atom is 0.243 e. The van der Waals surface area contributed by atoms with Crippen LogP contribution in [0.3, 0.4) is 0 Å². The molecule has 4 rings (SSSR count). The first-order valence-corrected chi connectivity index (χ1v) is 9.46. The lowest BCUT2D eigenvalue weighted by Gasteiger charge is -2.30. The highest BCUT2D eigenvalue weighted by Gasteiger charge is 2.36. The summed E-state index contributed by atoms with van der Waals surface area (Å²) in [6.45, 7) is 1.25. The van der Waals surface area contributed by atoms with E-state index in [0.717, 1.165) is 52.3 Å². The molecule has 1 fully saturated rings. The van der Waals surface area contributed by atoms with Gasteiger partial charge in [-0.2, -0.15) is 0 Å². The van der Waals surface area contributed by atoms with Gasteiger partial charge in [0.2, 0.25) is 5.91 Å². The topological polar surface area (TPSA) is 53.9 Å². The van der Waals surface area contributed by atoms with E-state index in [-0.39, 0.29) is 11.9 Å². The number of nitrogens with one attached hydrogen (secondary N) is 1. The Morgan fingerprint density at radius 2 is 2.12 bits per heavy atom. The lowest BCUT2D eigenvalue weighted by Crippen LogP contribution is -2.44. The fraction of sp³-hybridized carbons (Fsp3) is 0.300. The lowest BCUT2D eigenvalue weighted by atomic mass is 10.1. The fourth-order valence-electron chi connectivity index (χ4n) is 3.50. The van der Waals surface area contributed by atoms with Crippen LogP contribution in [0.15, 0.2) is 51.9 Å². The number of nitrogens with zero attached hydrogens (tertiary/aromatic N) is 2. The zero-order chi connectivity index (χ0) is 18.1. The van der Waals surface area contributed by atoms with Crippen molar-refractivity contribution in [2.24, 2.45) is 4.99 Å². The maximum atomic E-state index is 12.7. The Bertz CT molecular complexity index is 864. The molecule has 1 N–H and O–H groups in total. The number of hydrogen-bond donors (Lipinski definition) is 1. The number of carbonyl (C=O) groups is 1. The van der Waals surface area contributed by atoms with Gasteiger partial charge in [-0.15, -0.1) is 0 Å². The van der Waals surface area contributed by atoms with Gasteiger partial charge in [-0.1, -0.05) is 28.1 Å². The van der Waals surface area contributed by atoms with Gasteiger partial charge in [-0.25, -0.2) is 4.99 Å². The number of benzene rings is 2. The van der Waals surface area contributed by atoms with Gasteiger partial charge in [-0.05, 0) is 47.9 Å². The van der Waals surface area contributed by atoms with Crippen molar-refractivity contribution < 1.29 is 9.53 Å². The van der Waals surface area contributed by atoms with Crippen LogP contribution in [0.2, 0.25) is 0 Å². The van der Waals surface area contributed by atoms with Crippen LogP contribution in [-0.4, -0.2) is 29.8 Å². The van der Waals surface area contributed by atoms with E-state index in [1.54, 1.807) is 7.11 Å². The minimum absolute atomic E-state index is 0.0597. The molecule has 0 bridgehead atoms. The molecule has 0 spiro atoms. The molecule has 1 amide bonds. The van der Waals surface area contributed by atoms with Crippen LogP contribution in [0.5, 0.6) is 5.75 Å². The summed E-state index contributed by atoms with van der Waals surface area (Å²) in [6, 6.07) is 13.7. The van der Waals surface area contributed by atoms with E-state index in [1.807, 2.05) is 36.4 Å². The van der Waals surface area contributed by atoms with Crippen molar-refractivity contribution in [2.75, 3.05) is 7.11 Å². The smallest absolute Gasteiger partial charge is 0.243 e. The summed E-state index contributed by atoms with van der Waals surface area (Å²) < 4.78 is 6.20. The van der Waals surface area contributed by atoms with E-state index in [1.165, 1.54) is 0 Å². The second-order valence-electron chi connectivity index (χ2n) is 6.55. The van der Waals surface area contributed by atoms with Crippen LogP contribution in [-0.2, 0) is 17.9 Å². The largest absolute Gasteiger partial charge is 0.497 e. The molecule has 26 heavy (non-hydrogen) atoms. The van der Waals surface area contributed by atoms with Crippen LogP contribution in [0.1, 0.15) is 24.0 Å². The molecule has 1 saturated heterocycles. The van der Waals surface area contributed by atoms with Crippen molar-refractivity contribution in [1.29, 1.82) is 0 Å². The minimum Gasteiger partial charge on any atom is -0.497 e. The summed E-state index contributed by atoms with van der Waals surface area (Å²) in [6.07, 6.45) is 1.65. The van der Waals surface area contributed by atoms with Crippen molar-refractivity contribution in [2.45, 2.75) is 32.0 Å². The number of hydrogen-bond acceptors (Lipinski definition) is 4. The van der Waals surface area contributed by atoms with Crippen LogP contribution in [0.25, 0.3) is 0 Å². The Morgan fingerprint density at radius 3 is 2.88 bits per heavy atom. The standard InChI is InChI=1S/C20H20BrN3O2/c1-26-16-5-2-13(3-6-16)11-22-20(25)18-8-9-19-23-17-7-4-15(21)10-14(17)12-24(18)19/h2-7,10,18H,8-9,11-12H2,1H3,(H,22,25)/t18-/m0/s1. The van der Waals surface area contributed by atoms with Gasteiger partial charge < -0.3 is 15.0 Å². The third-order valence-corrected chi connectivity index (χ3v) is 5.40. The molecule has 1 atom stereocenters. The summed E-state index contributed by atoms with van der Waals surface area (Å²) >= 11 is 3.51. The van der Waals surface area contributed by atoms with E-state index in [2.05, 4.69) is 32.2 Å². The van der Waals surface area contributed by atoms with E-state index in [9.17, 15) is 4.79 Å². The van der Waals surface area contributed by atoms with Gasteiger partial charge in [0.25, 0.3) is 0 Å². The summed E-state index contributed by atoms with van der Waals surface area (Å²) in [5, 5.41) is 3.06. The molecule has 6 heteroatoms. The number of amides is 1. The molecular weight excluding hydrogens is 394 g/mol. The molecule has 0 aliphatic carbocycles. The van der Waals surface area contributed by atoms with Gasteiger partial charge >= 0.3 is 0 Å². The van der Waals surface area contributed by atoms with E-state index >= 15 is 0 Å². The third-order valence-electron chi connectivity index (χ3n) is 4.91. The highest BCUT2D eigenvalue weighted by atomic mass is 79.9. The summed E-state index contributed by atoms with van der Waals surface area (Å²) in [7, 11) is 1.64. The van der Waals surface area contributed by atoms with Crippen molar-refractivity contribution in [1.82, 2.24) is 10.2 Å². The highest BCUT2D eigenvalue weighted by molar-refractivity contribution is 9.10. The van der Waals surface area contributed by atoms with E-state index in [0.29, 0.717) is 6.54 Å². The zero-order valence-electron chi connectivity index (χ0n) is 14.5. The van der Waals surface area contributed by atoms with Gasteiger partial charge in [0.05, 0.1) is 12.8 Å². The van der Waals surface area contributed by atoms with Crippen molar-refractivity contribution in [3.8, 4) is 5.75 Å².